The first-order chi connectivity index (χ1) is 7.91. The first kappa shape index (κ1) is 13.2. The summed E-state index contributed by atoms with van der Waals surface area (Å²) in [5.41, 5.74) is 0.409. The van der Waals surface area contributed by atoms with Gasteiger partial charge in [-0.3, -0.25) is 9.59 Å². The maximum atomic E-state index is 13.0. The number of aliphatic carboxylic acids is 1. The second-order valence-electron chi connectivity index (χ2n) is 3.88. The smallest absolute Gasteiger partial charge is 0.304 e. The molecule has 0 saturated heterocycles. The van der Waals surface area contributed by atoms with Crippen molar-refractivity contribution >= 4 is 17.6 Å². The van der Waals surface area contributed by atoms with Crippen LogP contribution in [0.2, 0.25) is 0 Å². The van der Waals surface area contributed by atoms with E-state index in [-0.39, 0.29) is 12.3 Å². The van der Waals surface area contributed by atoms with Gasteiger partial charge in [0.05, 0.1) is 6.42 Å². The Hall–Kier alpha value is -1.91. The number of carbonyl (C=O) groups is 2. The zero-order chi connectivity index (χ0) is 13.0. The highest BCUT2D eigenvalue weighted by Crippen LogP contribution is 2.17. The SMILES string of the molecule is CC(CC(=O)O)C(=O)N(C)c1cccc(F)c1. The van der Waals surface area contributed by atoms with Crippen molar-refractivity contribution in [3.63, 3.8) is 0 Å². The molecule has 4 nitrogen and oxygen atoms in total. The van der Waals surface area contributed by atoms with Crippen molar-refractivity contribution in [2.75, 3.05) is 11.9 Å². The summed E-state index contributed by atoms with van der Waals surface area (Å²) in [4.78, 5) is 23.6. The standard InChI is InChI=1S/C12H14FNO3/c1-8(6-11(15)16)12(17)14(2)10-5-3-4-9(13)7-10/h3-5,7-8H,6H2,1-2H3,(H,15,16). The van der Waals surface area contributed by atoms with Gasteiger partial charge in [0.25, 0.3) is 0 Å². The molecular formula is C12H14FNO3. The van der Waals surface area contributed by atoms with Crippen LogP contribution in [-0.2, 0) is 9.59 Å². The minimum atomic E-state index is -1.03. The zero-order valence-corrected chi connectivity index (χ0v) is 9.68. The number of benzene rings is 1. The van der Waals surface area contributed by atoms with E-state index in [4.69, 9.17) is 5.11 Å². The lowest BCUT2D eigenvalue weighted by molar-refractivity contribution is -0.140. The third-order valence-electron chi connectivity index (χ3n) is 2.43. The van der Waals surface area contributed by atoms with E-state index in [1.807, 2.05) is 0 Å². The fourth-order valence-electron chi connectivity index (χ4n) is 1.49. The second kappa shape index (κ2) is 5.43. The molecule has 92 valence electrons. The molecule has 0 aliphatic carbocycles. The minimum absolute atomic E-state index is 0.238. The van der Waals surface area contributed by atoms with Crippen LogP contribution in [0.15, 0.2) is 24.3 Å². The number of rotatable bonds is 4. The number of hydrogen-bond donors (Lipinski definition) is 1. The average molecular weight is 239 g/mol. The minimum Gasteiger partial charge on any atom is -0.481 e. The molecule has 1 aromatic carbocycles. The highest BCUT2D eigenvalue weighted by Gasteiger charge is 2.21. The van der Waals surface area contributed by atoms with Crippen molar-refractivity contribution in [3.05, 3.63) is 30.1 Å². The average Bonchev–Trinajstić information content (AvgIpc) is 2.26. The molecule has 0 saturated carbocycles. The molecule has 1 atom stereocenters. The van der Waals surface area contributed by atoms with Crippen LogP contribution in [0.25, 0.3) is 0 Å². The lowest BCUT2D eigenvalue weighted by Crippen LogP contribution is -2.32. The highest BCUT2D eigenvalue weighted by molar-refractivity contribution is 5.95. The Balaban J connectivity index is 2.79. The summed E-state index contributed by atoms with van der Waals surface area (Å²) < 4.78 is 13.0. The van der Waals surface area contributed by atoms with Crippen LogP contribution >= 0.6 is 0 Å². The van der Waals surface area contributed by atoms with Crippen molar-refractivity contribution in [2.24, 2.45) is 5.92 Å². The molecule has 1 unspecified atom stereocenters. The summed E-state index contributed by atoms with van der Waals surface area (Å²) in [6.45, 7) is 1.53. The van der Waals surface area contributed by atoms with Gasteiger partial charge in [-0.1, -0.05) is 13.0 Å². The van der Waals surface area contributed by atoms with Crippen LogP contribution in [0, 0.1) is 11.7 Å². The molecule has 0 radical (unpaired) electrons. The third-order valence-corrected chi connectivity index (χ3v) is 2.43. The number of halogens is 1. The van der Waals surface area contributed by atoms with E-state index in [2.05, 4.69) is 0 Å². The van der Waals surface area contributed by atoms with Gasteiger partial charge in [0.2, 0.25) is 5.91 Å². The Morgan fingerprint density at radius 3 is 2.65 bits per heavy atom. The molecule has 0 aliphatic heterocycles. The summed E-state index contributed by atoms with van der Waals surface area (Å²) in [6.07, 6.45) is -0.238. The van der Waals surface area contributed by atoms with Gasteiger partial charge in [-0.15, -0.1) is 0 Å². The number of nitrogens with zero attached hydrogens (tertiary/aromatic N) is 1. The molecule has 0 spiro atoms. The van der Waals surface area contributed by atoms with E-state index in [0.29, 0.717) is 5.69 Å². The molecular weight excluding hydrogens is 225 g/mol. The van der Waals surface area contributed by atoms with Crippen LogP contribution in [0.3, 0.4) is 0 Å². The number of carbonyl (C=O) groups excluding carboxylic acids is 1. The van der Waals surface area contributed by atoms with Crippen LogP contribution < -0.4 is 4.90 Å². The van der Waals surface area contributed by atoms with Gasteiger partial charge in [0.1, 0.15) is 5.82 Å². The normalized spacial score (nSPS) is 11.9. The van der Waals surface area contributed by atoms with Gasteiger partial charge in [-0.05, 0) is 18.2 Å². The lowest BCUT2D eigenvalue weighted by Gasteiger charge is -2.20. The van der Waals surface area contributed by atoms with E-state index < -0.39 is 17.7 Å². The summed E-state index contributed by atoms with van der Waals surface area (Å²) in [7, 11) is 1.50. The number of amides is 1. The van der Waals surface area contributed by atoms with Gasteiger partial charge < -0.3 is 10.0 Å². The number of carboxylic acids is 1. The van der Waals surface area contributed by atoms with Crippen molar-refractivity contribution in [1.29, 1.82) is 0 Å². The quantitative estimate of drug-likeness (QED) is 0.873. The summed E-state index contributed by atoms with van der Waals surface area (Å²) in [5.74, 6) is -2.45. The van der Waals surface area contributed by atoms with Crippen molar-refractivity contribution in [2.45, 2.75) is 13.3 Å². The summed E-state index contributed by atoms with van der Waals surface area (Å²) >= 11 is 0. The molecule has 0 aliphatic rings. The van der Waals surface area contributed by atoms with E-state index >= 15 is 0 Å². The molecule has 5 heteroatoms. The Morgan fingerprint density at radius 1 is 1.47 bits per heavy atom. The maximum absolute atomic E-state index is 13.0. The maximum Gasteiger partial charge on any atom is 0.304 e. The molecule has 0 aromatic heterocycles. The fourth-order valence-corrected chi connectivity index (χ4v) is 1.49. The van der Waals surface area contributed by atoms with Gasteiger partial charge in [-0.25, -0.2) is 4.39 Å². The van der Waals surface area contributed by atoms with Gasteiger partial charge in [0.15, 0.2) is 0 Å². The summed E-state index contributed by atoms with van der Waals surface area (Å²) in [6, 6.07) is 5.60. The van der Waals surface area contributed by atoms with Gasteiger partial charge in [0, 0.05) is 18.7 Å². The predicted octanol–water partition coefficient (Wildman–Crippen LogP) is 1.90. The number of carboxylic acid groups (broad SMARTS) is 1. The van der Waals surface area contributed by atoms with Crippen LogP contribution in [0.1, 0.15) is 13.3 Å². The first-order valence-electron chi connectivity index (χ1n) is 5.16. The molecule has 0 heterocycles. The van der Waals surface area contributed by atoms with Gasteiger partial charge >= 0.3 is 5.97 Å². The molecule has 0 bridgehead atoms. The first-order valence-corrected chi connectivity index (χ1v) is 5.16. The lowest BCUT2D eigenvalue weighted by atomic mass is 10.1. The largest absolute Gasteiger partial charge is 0.481 e. The molecule has 1 rings (SSSR count). The molecule has 1 aromatic rings. The zero-order valence-electron chi connectivity index (χ0n) is 9.68. The van der Waals surface area contributed by atoms with Crippen molar-refractivity contribution < 1.29 is 19.1 Å². The van der Waals surface area contributed by atoms with Crippen molar-refractivity contribution in [3.8, 4) is 0 Å². The molecule has 1 amide bonds. The van der Waals surface area contributed by atoms with Crippen LogP contribution in [-0.4, -0.2) is 24.0 Å². The molecule has 1 N–H and O–H groups in total. The Bertz CT molecular complexity index is 434. The summed E-state index contributed by atoms with van der Waals surface area (Å²) in [5, 5.41) is 8.60. The van der Waals surface area contributed by atoms with E-state index in [1.54, 1.807) is 6.07 Å². The second-order valence-corrected chi connectivity index (χ2v) is 3.88. The van der Waals surface area contributed by atoms with Crippen LogP contribution in [0.5, 0.6) is 0 Å². The molecule has 0 fully saturated rings. The highest BCUT2D eigenvalue weighted by atomic mass is 19.1. The van der Waals surface area contributed by atoms with Crippen molar-refractivity contribution in [1.82, 2.24) is 0 Å². The van der Waals surface area contributed by atoms with E-state index in [0.717, 1.165) is 0 Å². The fraction of sp³-hybridized carbons (Fsp3) is 0.333. The number of anilines is 1. The Morgan fingerprint density at radius 2 is 2.12 bits per heavy atom. The van der Waals surface area contributed by atoms with Crippen LogP contribution in [0.4, 0.5) is 10.1 Å². The molecule has 17 heavy (non-hydrogen) atoms. The van der Waals surface area contributed by atoms with E-state index in [9.17, 15) is 14.0 Å². The Kier molecular flexibility index (Phi) is 4.20. The Labute approximate surface area is 98.7 Å². The van der Waals surface area contributed by atoms with E-state index in [1.165, 1.54) is 37.1 Å². The third kappa shape index (κ3) is 3.55. The predicted molar refractivity (Wildman–Crippen MR) is 61.2 cm³/mol. The topological polar surface area (TPSA) is 57.6 Å². The number of hydrogen-bond acceptors (Lipinski definition) is 2. The monoisotopic (exact) mass is 239 g/mol. The van der Waals surface area contributed by atoms with Gasteiger partial charge in [-0.2, -0.15) is 0 Å².